The van der Waals surface area contributed by atoms with Gasteiger partial charge >= 0.3 is 0 Å². The number of benzene rings is 1. The van der Waals surface area contributed by atoms with Gasteiger partial charge in [0.15, 0.2) is 20.3 Å². The molecule has 0 spiro atoms. The first kappa shape index (κ1) is 22.1. The molecule has 0 bridgehead atoms. The largest absolute Gasteiger partial charge is 0.369 e. The summed E-state index contributed by atoms with van der Waals surface area (Å²) < 4.78 is 13.1. The third-order valence-corrected chi connectivity index (χ3v) is 5.54. The van der Waals surface area contributed by atoms with Crippen molar-refractivity contribution < 1.29 is 19.3 Å². The molecule has 3 aromatic rings. The molecule has 1 aliphatic heterocycles. The Bertz CT molecular complexity index is 1040. The maximum Gasteiger partial charge on any atom is 0.226 e. The lowest BCUT2D eigenvalue weighted by Crippen LogP contribution is -2.18. The average Bonchev–Trinajstić information content (AvgIpc) is 3.38. The zero-order chi connectivity index (χ0) is 21.8. The summed E-state index contributed by atoms with van der Waals surface area (Å²) in [6.45, 7) is 0.859. The van der Waals surface area contributed by atoms with Crippen LogP contribution in [0.2, 0.25) is 5.02 Å². The predicted octanol–water partition coefficient (Wildman–Crippen LogP) is 3.08. The van der Waals surface area contributed by atoms with Crippen molar-refractivity contribution in [1.82, 2.24) is 19.7 Å². The van der Waals surface area contributed by atoms with E-state index in [1.807, 2.05) is 24.3 Å². The van der Waals surface area contributed by atoms with Crippen molar-refractivity contribution >= 4 is 42.8 Å². The molecule has 1 fully saturated rings. The van der Waals surface area contributed by atoms with Gasteiger partial charge in [0, 0.05) is 18.6 Å². The van der Waals surface area contributed by atoms with E-state index in [9.17, 15) is 0 Å². The molecular formula is C19H24ClN6O4P. The molecule has 2 unspecified atom stereocenters. The summed E-state index contributed by atoms with van der Waals surface area (Å²) in [7, 11) is -0.294. The van der Waals surface area contributed by atoms with Crippen LogP contribution in [0.4, 0.5) is 11.8 Å². The second-order valence-electron chi connectivity index (χ2n) is 7.12. The summed E-state index contributed by atoms with van der Waals surface area (Å²) in [6, 6.07) is 7.64. The van der Waals surface area contributed by atoms with E-state index in [4.69, 9.17) is 30.9 Å². The van der Waals surface area contributed by atoms with Crippen LogP contribution in [0.5, 0.6) is 0 Å². The number of hydrogen-bond donors (Lipinski definition) is 4. The first-order valence-electron chi connectivity index (χ1n) is 9.83. The molecule has 12 heteroatoms. The number of halogens is 1. The van der Waals surface area contributed by atoms with Crippen molar-refractivity contribution in [2.45, 2.75) is 31.7 Å². The van der Waals surface area contributed by atoms with E-state index in [2.05, 4.69) is 25.7 Å². The number of fused-ring (bicyclic) bond motifs is 1. The van der Waals surface area contributed by atoms with Crippen molar-refractivity contribution in [2.75, 3.05) is 30.6 Å². The normalized spacial score (nSPS) is 18.7. The second-order valence-corrected chi connectivity index (χ2v) is 8.56. The van der Waals surface area contributed by atoms with Crippen LogP contribution in [0, 0.1) is 0 Å². The molecule has 0 aliphatic carbocycles. The number of hydrogen-bond acceptors (Lipinski definition) is 9. The number of aromatic nitrogens is 4. The highest BCUT2D eigenvalue weighted by molar-refractivity contribution is 7.44. The van der Waals surface area contributed by atoms with Crippen LogP contribution in [0.25, 0.3) is 11.0 Å². The SMILES string of the molecule is CNc1nc(NCc2cccc(Cl)c2)c2cnn(C3CCC(COCP(O)O)O3)c2n1. The maximum absolute atomic E-state index is 8.96. The van der Waals surface area contributed by atoms with Crippen LogP contribution in [-0.4, -0.2) is 55.6 Å². The summed E-state index contributed by atoms with van der Waals surface area (Å²) in [5.74, 6) is 1.14. The van der Waals surface area contributed by atoms with Gasteiger partial charge in [0.2, 0.25) is 5.95 Å². The van der Waals surface area contributed by atoms with Crippen LogP contribution in [0.15, 0.2) is 30.5 Å². The molecule has 1 aliphatic rings. The number of nitrogens with zero attached hydrogens (tertiary/aromatic N) is 4. The van der Waals surface area contributed by atoms with Crippen molar-refractivity contribution in [2.24, 2.45) is 0 Å². The third kappa shape index (κ3) is 5.41. The van der Waals surface area contributed by atoms with E-state index in [1.165, 1.54) is 0 Å². The first-order chi connectivity index (χ1) is 15.0. The predicted molar refractivity (Wildman–Crippen MR) is 119 cm³/mol. The maximum atomic E-state index is 8.96. The highest BCUT2D eigenvalue weighted by Gasteiger charge is 2.29. The van der Waals surface area contributed by atoms with Crippen LogP contribution < -0.4 is 10.6 Å². The van der Waals surface area contributed by atoms with Crippen LogP contribution in [0.3, 0.4) is 0 Å². The summed E-state index contributed by atoms with van der Waals surface area (Å²) >= 11 is 6.08. The number of rotatable bonds is 9. The Hall–Kier alpha value is -2.07. The number of anilines is 2. The van der Waals surface area contributed by atoms with E-state index < -0.39 is 8.38 Å². The fraction of sp³-hybridized carbons (Fsp3) is 0.421. The van der Waals surface area contributed by atoms with Crippen molar-refractivity contribution in [3.05, 3.63) is 41.0 Å². The van der Waals surface area contributed by atoms with E-state index in [0.717, 1.165) is 23.8 Å². The molecule has 2 aromatic heterocycles. The highest BCUT2D eigenvalue weighted by Crippen LogP contribution is 2.33. The van der Waals surface area contributed by atoms with Gasteiger partial charge < -0.3 is 29.9 Å². The van der Waals surface area contributed by atoms with Gasteiger partial charge in [-0.05, 0) is 30.5 Å². The second kappa shape index (κ2) is 10.0. The van der Waals surface area contributed by atoms with E-state index in [0.29, 0.717) is 35.6 Å². The minimum absolute atomic E-state index is 0.0784. The zero-order valence-corrected chi connectivity index (χ0v) is 18.6. The first-order valence-corrected chi connectivity index (χ1v) is 11.6. The standard InChI is InChI=1S/C19H24ClN6O4P/c1-21-19-24-17(22-8-12-3-2-4-13(20)7-12)15-9-23-26(18(15)25-19)16-6-5-14(30-16)10-29-11-31(27)28/h2-4,7,9,14,16,27-28H,5-6,8,10-11H2,1H3,(H2,21,22,24,25). The zero-order valence-electron chi connectivity index (χ0n) is 16.9. The molecule has 3 heterocycles. The van der Waals surface area contributed by atoms with Gasteiger partial charge in [-0.3, -0.25) is 0 Å². The van der Waals surface area contributed by atoms with Gasteiger partial charge in [-0.15, -0.1) is 0 Å². The van der Waals surface area contributed by atoms with Crippen molar-refractivity contribution in [1.29, 1.82) is 0 Å². The lowest BCUT2D eigenvalue weighted by atomic mass is 10.2. The molecule has 1 aromatic carbocycles. The van der Waals surface area contributed by atoms with Gasteiger partial charge in [0.05, 0.1) is 24.3 Å². The highest BCUT2D eigenvalue weighted by atomic mass is 35.5. The van der Waals surface area contributed by atoms with E-state index in [1.54, 1.807) is 17.9 Å². The minimum Gasteiger partial charge on any atom is -0.369 e. The molecule has 1 saturated heterocycles. The monoisotopic (exact) mass is 466 g/mol. The smallest absolute Gasteiger partial charge is 0.226 e. The Balaban J connectivity index is 1.51. The summed E-state index contributed by atoms with van der Waals surface area (Å²) in [5.41, 5.74) is 1.70. The topological polar surface area (TPSA) is 127 Å². The Labute approximate surface area is 185 Å². The molecule has 10 nitrogen and oxygen atoms in total. The number of nitrogens with one attached hydrogen (secondary N) is 2. The molecule has 31 heavy (non-hydrogen) atoms. The lowest BCUT2D eigenvalue weighted by Gasteiger charge is -2.15. The number of ether oxygens (including phenoxy) is 2. The van der Waals surface area contributed by atoms with E-state index >= 15 is 0 Å². The molecule has 4 rings (SSSR count). The van der Waals surface area contributed by atoms with Gasteiger partial charge in [-0.2, -0.15) is 15.1 Å². The fourth-order valence-corrected chi connectivity index (χ4v) is 3.95. The molecule has 2 atom stereocenters. The van der Waals surface area contributed by atoms with Gasteiger partial charge in [-0.25, -0.2) is 4.68 Å². The Morgan fingerprint density at radius 2 is 2.19 bits per heavy atom. The van der Waals surface area contributed by atoms with Gasteiger partial charge in [-0.1, -0.05) is 23.7 Å². The van der Waals surface area contributed by atoms with Gasteiger partial charge in [0.1, 0.15) is 12.2 Å². The lowest BCUT2D eigenvalue weighted by molar-refractivity contribution is -0.0384. The minimum atomic E-state index is -2.06. The quantitative estimate of drug-likeness (QED) is 0.352. The van der Waals surface area contributed by atoms with Crippen LogP contribution in [-0.2, 0) is 16.0 Å². The molecule has 0 radical (unpaired) electrons. The molecule has 0 amide bonds. The Kier molecular flexibility index (Phi) is 7.16. The summed E-state index contributed by atoms with van der Waals surface area (Å²) in [5, 5.41) is 12.3. The molecule has 4 N–H and O–H groups in total. The van der Waals surface area contributed by atoms with Crippen molar-refractivity contribution in [3.8, 4) is 0 Å². The molecular weight excluding hydrogens is 443 g/mol. The summed E-state index contributed by atoms with van der Waals surface area (Å²) in [6.07, 6.45) is 2.77. The van der Waals surface area contributed by atoms with Crippen LogP contribution in [0.1, 0.15) is 24.6 Å². The van der Waals surface area contributed by atoms with Crippen molar-refractivity contribution in [3.63, 3.8) is 0 Å². The fourth-order valence-electron chi connectivity index (χ4n) is 3.47. The third-order valence-electron chi connectivity index (χ3n) is 4.89. The Morgan fingerprint density at radius 1 is 1.32 bits per heavy atom. The van der Waals surface area contributed by atoms with Crippen LogP contribution >= 0.6 is 20.0 Å². The molecule has 0 saturated carbocycles. The van der Waals surface area contributed by atoms with E-state index in [-0.39, 0.29) is 18.7 Å². The average molecular weight is 467 g/mol. The van der Waals surface area contributed by atoms with Gasteiger partial charge in [0.25, 0.3) is 0 Å². The molecule has 166 valence electrons. The summed E-state index contributed by atoms with van der Waals surface area (Å²) in [4.78, 5) is 27.0. The Morgan fingerprint density at radius 3 is 2.97 bits per heavy atom.